The first-order chi connectivity index (χ1) is 9.70. The predicted molar refractivity (Wildman–Crippen MR) is 73.4 cm³/mol. The molecule has 1 aromatic rings. The van der Waals surface area contributed by atoms with Crippen LogP contribution in [0.3, 0.4) is 0 Å². The smallest absolute Gasteiger partial charge is 0.246 e. The van der Waals surface area contributed by atoms with Gasteiger partial charge in [0.05, 0.1) is 0 Å². The van der Waals surface area contributed by atoms with Crippen molar-refractivity contribution < 1.29 is 22.4 Å². The van der Waals surface area contributed by atoms with Crippen LogP contribution in [-0.2, 0) is 10.0 Å². The third-order valence-electron chi connectivity index (χ3n) is 2.77. The molecular weight excluding hydrogens is 304 g/mol. The number of hydrogen-bond donors (Lipinski definition) is 2. The van der Waals surface area contributed by atoms with Crippen molar-refractivity contribution >= 4 is 15.9 Å². The molecule has 0 bridgehead atoms. The normalized spacial score (nSPS) is 13.1. The predicted octanol–water partition coefficient (Wildman–Crippen LogP) is 1.50. The topological polar surface area (TPSA) is 96.0 Å². The summed E-state index contributed by atoms with van der Waals surface area (Å²) in [6.45, 7) is 3.05. The van der Waals surface area contributed by atoms with Crippen LogP contribution in [0, 0.1) is 11.6 Å². The number of hydrogen-bond acceptors (Lipinski definition) is 4. The van der Waals surface area contributed by atoms with Gasteiger partial charge < -0.3 is 10.9 Å². The van der Waals surface area contributed by atoms with Gasteiger partial charge in [0, 0.05) is 19.0 Å². The Morgan fingerprint density at radius 1 is 1.43 bits per heavy atom. The molecule has 0 amide bonds. The van der Waals surface area contributed by atoms with E-state index in [0.29, 0.717) is 6.07 Å². The van der Waals surface area contributed by atoms with Crippen molar-refractivity contribution in [3.05, 3.63) is 29.8 Å². The lowest BCUT2D eigenvalue weighted by Gasteiger charge is -2.25. The molecule has 21 heavy (non-hydrogen) atoms. The number of halogens is 2. The Bertz CT molecular complexity index is 633. The van der Waals surface area contributed by atoms with E-state index >= 15 is 0 Å². The Labute approximate surface area is 121 Å². The van der Waals surface area contributed by atoms with Crippen LogP contribution in [-0.4, -0.2) is 36.4 Å². The average molecular weight is 321 g/mol. The lowest BCUT2D eigenvalue weighted by molar-refractivity contribution is 0.313. The molecule has 0 unspecified atom stereocenters. The second kappa shape index (κ2) is 6.81. The number of nitrogens with zero attached hydrogens (tertiary/aromatic N) is 2. The van der Waals surface area contributed by atoms with Gasteiger partial charge in [-0.15, -0.1) is 0 Å². The number of amidine groups is 1. The molecule has 3 N–H and O–H groups in total. The monoisotopic (exact) mass is 321 g/mol. The van der Waals surface area contributed by atoms with E-state index in [9.17, 15) is 17.2 Å². The number of benzene rings is 1. The zero-order valence-electron chi connectivity index (χ0n) is 11.6. The SMILES string of the molecule is CC(C)N(CCC(N)=NO)S(=O)(=O)c1cc(F)ccc1F. The summed E-state index contributed by atoms with van der Waals surface area (Å²) in [7, 11) is -4.23. The molecular formula is C12H17F2N3O3S. The van der Waals surface area contributed by atoms with Gasteiger partial charge in [0.15, 0.2) is 0 Å². The van der Waals surface area contributed by atoms with E-state index in [1.165, 1.54) is 0 Å². The van der Waals surface area contributed by atoms with E-state index < -0.39 is 32.6 Å². The molecule has 0 aromatic heterocycles. The third-order valence-corrected chi connectivity index (χ3v) is 4.86. The number of nitrogens with two attached hydrogens (primary N) is 1. The third kappa shape index (κ3) is 4.11. The van der Waals surface area contributed by atoms with E-state index in [0.717, 1.165) is 16.4 Å². The highest BCUT2D eigenvalue weighted by Crippen LogP contribution is 2.22. The molecule has 0 atom stereocenters. The van der Waals surface area contributed by atoms with Crippen molar-refractivity contribution in [3.8, 4) is 0 Å². The first-order valence-corrected chi connectivity index (χ1v) is 7.57. The van der Waals surface area contributed by atoms with Crippen LogP contribution in [0.1, 0.15) is 20.3 Å². The minimum absolute atomic E-state index is 0.0369. The average Bonchev–Trinajstić information content (AvgIpc) is 2.40. The standard InChI is InChI=1S/C12H17F2N3O3S/c1-8(2)17(6-5-12(15)16-18)21(19,20)11-7-9(13)3-4-10(11)14/h3-4,7-8,18H,5-6H2,1-2H3,(H2,15,16). The summed E-state index contributed by atoms with van der Waals surface area (Å²) in [6.07, 6.45) is -0.0369. The first kappa shape index (κ1) is 17.3. The Hall–Kier alpha value is -1.74. The van der Waals surface area contributed by atoms with Gasteiger partial charge in [-0.2, -0.15) is 4.31 Å². The maximum Gasteiger partial charge on any atom is 0.246 e. The first-order valence-electron chi connectivity index (χ1n) is 6.13. The molecule has 0 saturated carbocycles. The van der Waals surface area contributed by atoms with Gasteiger partial charge in [0.1, 0.15) is 22.4 Å². The largest absolute Gasteiger partial charge is 0.409 e. The van der Waals surface area contributed by atoms with E-state index in [-0.39, 0.29) is 18.8 Å². The van der Waals surface area contributed by atoms with E-state index in [2.05, 4.69) is 5.16 Å². The minimum atomic E-state index is -4.23. The lowest BCUT2D eigenvalue weighted by atomic mass is 10.3. The molecule has 0 saturated heterocycles. The van der Waals surface area contributed by atoms with Gasteiger partial charge in [-0.05, 0) is 32.0 Å². The van der Waals surface area contributed by atoms with Crippen LogP contribution in [0.4, 0.5) is 8.78 Å². The fourth-order valence-electron chi connectivity index (χ4n) is 1.73. The molecule has 0 radical (unpaired) electrons. The van der Waals surface area contributed by atoms with Crippen molar-refractivity contribution in [2.45, 2.75) is 31.2 Å². The fourth-order valence-corrected chi connectivity index (χ4v) is 3.45. The molecule has 1 rings (SSSR count). The Balaban J connectivity index is 3.19. The van der Waals surface area contributed by atoms with Crippen LogP contribution in [0.2, 0.25) is 0 Å². The number of sulfonamides is 1. The molecule has 0 aliphatic heterocycles. The zero-order valence-corrected chi connectivity index (χ0v) is 12.4. The fraction of sp³-hybridized carbons (Fsp3) is 0.417. The van der Waals surface area contributed by atoms with Crippen LogP contribution < -0.4 is 5.73 Å². The van der Waals surface area contributed by atoms with Crippen LogP contribution in [0.25, 0.3) is 0 Å². The maximum atomic E-state index is 13.7. The molecule has 0 aliphatic carbocycles. The molecule has 9 heteroatoms. The minimum Gasteiger partial charge on any atom is -0.409 e. The van der Waals surface area contributed by atoms with Crippen molar-refractivity contribution in [2.24, 2.45) is 10.9 Å². The molecule has 0 spiro atoms. The number of oxime groups is 1. The second-order valence-electron chi connectivity index (χ2n) is 4.63. The highest BCUT2D eigenvalue weighted by Gasteiger charge is 2.30. The second-order valence-corrected chi connectivity index (χ2v) is 6.48. The van der Waals surface area contributed by atoms with Crippen LogP contribution in [0.15, 0.2) is 28.3 Å². The van der Waals surface area contributed by atoms with Gasteiger partial charge >= 0.3 is 0 Å². The summed E-state index contributed by atoms with van der Waals surface area (Å²) in [4.78, 5) is -0.740. The van der Waals surface area contributed by atoms with Crippen molar-refractivity contribution in [1.82, 2.24) is 4.31 Å². The maximum absolute atomic E-state index is 13.7. The van der Waals surface area contributed by atoms with Gasteiger partial charge in [-0.3, -0.25) is 0 Å². The molecule has 0 aliphatic rings. The van der Waals surface area contributed by atoms with Gasteiger partial charge in [-0.25, -0.2) is 17.2 Å². The Kier molecular flexibility index (Phi) is 5.62. The Morgan fingerprint density at radius 2 is 2.05 bits per heavy atom. The summed E-state index contributed by atoms with van der Waals surface area (Å²) >= 11 is 0. The van der Waals surface area contributed by atoms with Crippen molar-refractivity contribution in [3.63, 3.8) is 0 Å². The van der Waals surface area contributed by atoms with Crippen molar-refractivity contribution in [1.29, 1.82) is 0 Å². The van der Waals surface area contributed by atoms with Crippen LogP contribution >= 0.6 is 0 Å². The van der Waals surface area contributed by atoms with Crippen molar-refractivity contribution in [2.75, 3.05) is 6.54 Å². The number of rotatable bonds is 6. The quantitative estimate of drug-likeness (QED) is 0.359. The van der Waals surface area contributed by atoms with Gasteiger partial charge in [-0.1, -0.05) is 5.16 Å². The van der Waals surface area contributed by atoms with Gasteiger partial charge in [0.25, 0.3) is 0 Å². The molecule has 118 valence electrons. The highest BCUT2D eigenvalue weighted by molar-refractivity contribution is 7.89. The summed E-state index contributed by atoms with van der Waals surface area (Å²) in [5.74, 6) is -2.04. The Morgan fingerprint density at radius 3 is 2.57 bits per heavy atom. The summed E-state index contributed by atoms with van der Waals surface area (Å²) in [5, 5.41) is 11.2. The molecule has 1 aromatic carbocycles. The van der Waals surface area contributed by atoms with E-state index in [4.69, 9.17) is 10.9 Å². The van der Waals surface area contributed by atoms with Crippen LogP contribution in [0.5, 0.6) is 0 Å². The zero-order chi connectivity index (χ0) is 16.2. The lowest BCUT2D eigenvalue weighted by Crippen LogP contribution is -2.39. The van der Waals surface area contributed by atoms with Gasteiger partial charge in [0.2, 0.25) is 10.0 Å². The summed E-state index contributed by atoms with van der Waals surface area (Å²) < 4.78 is 52.7. The molecule has 0 heterocycles. The van der Waals surface area contributed by atoms with E-state index in [1.54, 1.807) is 13.8 Å². The summed E-state index contributed by atoms with van der Waals surface area (Å²) in [6, 6.07) is 1.71. The molecule has 0 fully saturated rings. The highest BCUT2D eigenvalue weighted by atomic mass is 32.2. The van der Waals surface area contributed by atoms with E-state index in [1.807, 2.05) is 0 Å². The summed E-state index contributed by atoms with van der Waals surface area (Å²) in [5.41, 5.74) is 5.30. The molecule has 6 nitrogen and oxygen atoms in total.